The number of alkyl halides is 3. The van der Waals surface area contributed by atoms with Gasteiger partial charge in [-0.3, -0.25) is 9.80 Å². The van der Waals surface area contributed by atoms with Crippen molar-refractivity contribution in [2.45, 2.75) is 31.6 Å². The molecular weight excluding hydrogens is 537 g/mol. The van der Waals surface area contributed by atoms with Crippen LogP contribution in [-0.4, -0.2) is 114 Å². The molecule has 41 heavy (non-hydrogen) atoms. The zero-order valence-corrected chi connectivity index (χ0v) is 23.2. The van der Waals surface area contributed by atoms with Gasteiger partial charge in [0.05, 0.1) is 44.9 Å². The van der Waals surface area contributed by atoms with E-state index in [0.717, 1.165) is 103 Å². The van der Waals surface area contributed by atoms with Crippen LogP contribution in [0.5, 0.6) is 0 Å². The Morgan fingerprint density at radius 1 is 0.878 bits per heavy atom. The zero-order chi connectivity index (χ0) is 28.2. The van der Waals surface area contributed by atoms with Crippen molar-refractivity contribution in [1.82, 2.24) is 29.3 Å². The number of benzene rings is 1. The molecule has 0 unspecified atom stereocenters. The molecule has 2 aromatic heterocycles. The minimum Gasteiger partial charge on any atom is -0.379 e. The lowest BCUT2D eigenvalue weighted by Gasteiger charge is -2.40. The molecule has 0 bridgehead atoms. The summed E-state index contributed by atoms with van der Waals surface area (Å²) in [6.07, 6.45) is -0.601. The average Bonchev–Trinajstić information content (AvgIpc) is 3.40. The molecule has 5 heterocycles. The van der Waals surface area contributed by atoms with Crippen molar-refractivity contribution >= 4 is 22.9 Å². The Morgan fingerprint density at radius 3 is 2.24 bits per heavy atom. The first-order valence-corrected chi connectivity index (χ1v) is 14.4. The van der Waals surface area contributed by atoms with Crippen molar-refractivity contribution in [3.05, 3.63) is 41.7 Å². The first-order chi connectivity index (χ1) is 19.9. The van der Waals surface area contributed by atoms with E-state index in [1.54, 1.807) is 6.33 Å². The minimum absolute atomic E-state index is 0.359. The molecule has 3 saturated heterocycles. The van der Waals surface area contributed by atoms with Crippen molar-refractivity contribution in [2.24, 2.45) is 0 Å². The van der Waals surface area contributed by atoms with Crippen molar-refractivity contribution in [1.29, 1.82) is 0 Å². The number of imidazole rings is 1. The predicted molar refractivity (Wildman–Crippen MR) is 149 cm³/mol. The molecule has 222 valence electrons. The maximum atomic E-state index is 13.1. The zero-order valence-electron chi connectivity index (χ0n) is 23.2. The maximum absolute atomic E-state index is 13.1. The minimum atomic E-state index is -4.36. The van der Waals surface area contributed by atoms with Crippen LogP contribution < -0.4 is 10.2 Å². The van der Waals surface area contributed by atoms with Crippen LogP contribution >= 0.6 is 0 Å². The number of anilines is 2. The van der Waals surface area contributed by atoms with Gasteiger partial charge in [0.15, 0.2) is 17.0 Å². The van der Waals surface area contributed by atoms with E-state index in [4.69, 9.17) is 19.4 Å². The SMILES string of the molecule is FC(F)(F)c1ccc(Cn2cnc3c(NCCN4CCOCC4)nc(N4CCC(N5CCOCC5)CC4)nc32)cc1. The molecule has 0 aliphatic carbocycles. The number of rotatable bonds is 8. The van der Waals surface area contributed by atoms with E-state index < -0.39 is 11.7 Å². The maximum Gasteiger partial charge on any atom is 0.416 e. The first-order valence-electron chi connectivity index (χ1n) is 14.4. The summed E-state index contributed by atoms with van der Waals surface area (Å²) < 4.78 is 52.1. The lowest BCUT2D eigenvalue weighted by Crippen LogP contribution is -2.49. The summed E-state index contributed by atoms with van der Waals surface area (Å²) in [5.74, 6) is 1.33. The predicted octanol–water partition coefficient (Wildman–Crippen LogP) is 2.94. The van der Waals surface area contributed by atoms with E-state index in [2.05, 4.69) is 25.0 Å². The van der Waals surface area contributed by atoms with Gasteiger partial charge in [0.25, 0.3) is 0 Å². The van der Waals surface area contributed by atoms with Crippen LogP contribution in [0.3, 0.4) is 0 Å². The molecule has 1 aromatic carbocycles. The Balaban J connectivity index is 1.22. The number of halogens is 3. The molecule has 6 rings (SSSR count). The molecule has 3 fully saturated rings. The van der Waals surface area contributed by atoms with Crippen LogP contribution in [0.2, 0.25) is 0 Å². The molecule has 3 aliphatic rings. The Morgan fingerprint density at radius 2 is 1.56 bits per heavy atom. The van der Waals surface area contributed by atoms with Crippen LogP contribution in [0.25, 0.3) is 11.2 Å². The summed E-state index contributed by atoms with van der Waals surface area (Å²) in [5, 5.41) is 3.49. The van der Waals surface area contributed by atoms with Crippen molar-refractivity contribution in [2.75, 3.05) is 89.0 Å². The Labute approximate surface area is 237 Å². The smallest absolute Gasteiger partial charge is 0.379 e. The van der Waals surface area contributed by atoms with Crippen molar-refractivity contribution in [3.8, 4) is 0 Å². The summed E-state index contributed by atoms with van der Waals surface area (Å²) in [5.41, 5.74) is 1.41. The molecule has 0 radical (unpaired) electrons. The van der Waals surface area contributed by atoms with Gasteiger partial charge < -0.3 is 24.3 Å². The van der Waals surface area contributed by atoms with Crippen LogP contribution in [0.15, 0.2) is 30.6 Å². The Kier molecular flexibility index (Phi) is 8.56. The summed E-state index contributed by atoms with van der Waals surface area (Å²) in [4.78, 5) is 21.6. The number of morpholine rings is 2. The summed E-state index contributed by atoms with van der Waals surface area (Å²) in [7, 11) is 0. The molecule has 0 atom stereocenters. The van der Waals surface area contributed by atoms with Gasteiger partial charge in [0, 0.05) is 58.4 Å². The van der Waals surface area contributed by atoms with Gasteiger partial charge in [0.1, 0.15) is 0 Å². The van der Waals surface area contributed by atoms with E-state index in [-0.39, 0.29) is 0 Å². The highest BCUT2D eigenvalue weighted by Crippen LogP contribution is 2.30. The molecule has 0 saturated carbocycles. The average molecular weight is 575 g/mol. The normalized spacial score (nSPS) is 20.1. The lowest BCUT2D eigenvalue weighted by atomic mass is 10.0. The topological polar surface area (TPSA) is 83.8 Å². The number of nitrogens with zero attached hydrogens (tertiary/aromatic N) is 7. The third kappa shape index (κ3) is 6.74. The second-order valence-corrected chi connectivity index (χ2v) is 10.9. The fraction of sp³-hybridized carbons (Fsp3) is 0.607. The summed E-state index contributed by atoms with van der Waals surface area (Å²) in [6.45, 7) is 10.5. The molecule has 13 heteroatoms. The number of hydrogen-bond donors (Lipinski definition) is 1. The van der Waals surface area contributed by atoms with Gasteiger partial charge in [-0.15, -0.1) is 0 Å². The summed E-state index contributed by atoms with van der Waals surface area (Å²) >= 11 is 0. The number of hydrogen-bond acceptors (Lipinski definition) is 9. The third-order valence-electron chi connectivity index (χ3n) is 8.22. The molecule has 3 aromatic rings. The van der Waals surface area contributed by atoms with Crippen LogP contribution in [0.1, 0.15) is 24.0 Å². The van der Waals surface area contributed by atoms with Crippen molar-refractivity contribution in [3.63, 3.8) is 0 Å². The van der Waals surface area contributed by atoms with Gasteiger partial charge in [-0.05, 0) is 30.5 Å². The second kappa shape index (κ2) is 12.5. The van der Waals surface area contributed by atoms with Crippen molar-refractivity contribution < 1.29 is 22.6 Å². The number of aromatic nitrogens is 4. The van der Waals surface area contributed by atoms with Gasteiger partial charge in [0.2, 0.25) is 5.95 Å². The van der Waals surface area contributed by atoms with Gasteiger partial charge in [-0.1, -0.05) is 12.1 Å². The second-order valence-electron chi connectivity index (χ2n) is 10.9. The van der Waals surface area contributed by atoms with E-state index in [9.17, 15) is 13.2 Å². The Bertz CT molecular complexity index is 1280. The quantitative estimate of drug-likeness (QED) is 0.437. The molecule has 0 spiro atoms. The first kappa shape index (κ1) is 28.1. The van der Waals surface area contributed by atoms with Crippen LogP contribution in [-0.2, 0) is 22.2 Å². The highest BCUT2D eigenvalue weighted by molar-refractivity contribution is 5.84. The van der Waals surface area contributed by atoms with Crippen LogP contribution in [0, 0.1) is 0 Å². The highest BCUT2D eigenvalue weighted by Gasteiger charge is 2.30. The van der Waals surface area contributed by atoms with Gasteiger partial charge >= 0.3 is 6.18 Å². The summed E-state index contributed by atoms with van der Waals surface area (Å²) in [6, 6.07) is 5.79. The molecule has 1 N–H and O–H groups in total. The standard InChI is InChI=1S/C28H37F3N8O2/c29-28(30,31)22-3-1-21(2-4-22)19-39-20-33-24-25(32-7-10-36-11-15-40-16-12-36)34-27(35-26(24)39)38-8-5-23(6-9-38)37-13-17-41-18-14-37/h1-4,20,23H,5-19H2,(H,32,34,35). The number of nitrogens with one attached hydrogen (secondary N) is 1. The number of fused-ring (bicyclic) bond motifs is 1. The molecule has 3 aliphatic heterocycles. The van der Waals surface area contributed by atoms with Crippen LogP contribution in [0.4, 0.5) is 24.9 Å². The van der Waals surface area contributed by atoms with Gasteiger partial charge in [-0.25, -0.2) is 4.98 Å². The van der Waals surface area contributed by atoms with Gasteiger partial charge in [-0.2, -0.15) is 23.1 Å². The van der Waals surface area contributed by atoms with E-state index >= 15 is 0 Å². The third-order valence-corrected chi connectivity index (χ3v) is 8.22. The van der Waals surface area contributed by atoms with E-state index in [0.29, 0.717) is 42.1 Å². The largest absolute Gasteiger partial charge is 0.416 e. The highest BCUT2D eigenvalue weighted by atomic mass is 19.4. The number of ether oxygens (including phenoxy) is 2. The monoisotopic (exact) mass is 574 g/mol. The van der Waals surface area contributed by atoms with E-state index in [1.165, 1.54) is 12.1 Å². The fourth-order valence-corrected chi connectivity index (χ4v) is 5.84. The fourth-order valence-electron chi connectivity index (χ4n) is 5.84. The number of piperidine rings is 1. The lowest BCUT2D eigenvalue weighted by molar-refractivity contribution is -0.137. The Hall–Kier alpha value is -3.00. The molecular formula is C28H37F3N8O2. The molecule has 10 nitrogen and oxygen atoms in total. The van der Waals surface area contributed by atoms with E-state index in [1.807, 2.05) is 4.57 Å². The molecule has 0 amide bonds.